The molecule has 4 saturated heterocycles. The zero-order chi connectivity index (χ0) is 84.5. The van der Waals surface area contributed by atoms with Crippen LogP contribution in [0.1, 0.15) is 358 Å². The summed E-state index contributed by atoms with van der Waals surface area (Å²) in [7, 11) is -15.1. The molecule has 0 saturated carbocycles. The van der Waals surface area contributed by atoms with E-state index < -0.39 is 88.1 Å². The Hall–Kier alpha value is -4.35. The van der Waals surface area contributed by atoms with E-state index in [0.717, 1.165) is 90.8 Å². The molecular weight excluding hydrogens is 1750 g/mol. The number of rotatable bonds is 56. The monoisotopic (exact) mass is 1890 g/mol. The molecule has 4 aliphatic rings. The number of nitrogens with zero attached hydrogens (tertiary/aromatic N) is 4. The van der Waals surface area contributed by atoms with Crippen LogP contribution in [-0.2, 0) is 124 Å². The van der Waals surface area contributed by atoms with Crippen LogP contribution in [-0.4, -0.2) is 125 Å². The second-order valence-electron chi connectivity index (χ2n) is 32.7. The van der Waals surface area contributed by atoms with Crippen LogP contribution in [0.3, 0.4) is 0 Å². The Morgan fingerprint density at radius 3 is 0.517 bits per heavy atom. The van der Waals surface area contributed by atoms with Gasteiger partial charge >= 0.3 is 39.0 Å². The standard InChI is InChI=1S/4C23H37NO4S.2Rh/c4*1-2-3-4-5-6-7-8-9-10-11-13-20-15-17-21(18-16-20)29(27,28)24-19-12-14-22(24)23(25)26;;/h4*15-18,22H,2-14,19H2,1H3,(H,25,26);;/q;;;;2*+3/p-4/t4*22-;;/m0000../s1. The Balaban J connectivity index is 0.000000404. The largest absolute Gasteiger partial charge is 3.00 e. The maximum Gasteiger partial charge on any atom is 3.00 e. The minimum atomic E-state index is -3.78. The third-order valence-corrected chi connectivity index (χ3v) is 31.0. The Labute approximate surface area is 738 Å². The number of aliphatic carboxylic acids is 4. The molecule has 4 fully saturated rings. The number of unbranched alkanes of at least 4 members (excludes halogenated alkanes) is 36. The van der Waals surface area contributed by atoms with E-state index in [1.54, 1.807) is 48.5 Å². The van der Waals surface area contributed by atoms with Crippen molar-refractivity contribution in [3.63, 3.8) is 0 Å². The van der Waals surface area contributed by atoms with Gasteiger partial charge in [0.05, 0.1) is 67.6 Å². The molecule has 4 aromatic carbocycles. The molecule has 8 rings (SSSR count). The molecule has 0 aliphatic carbocycles. The minimum absolute atomic E-state index is 0. The Morgan fingerprint density at radius 2 is 0.381 bits per heavy atom. The first-order chi connectivity index (χ1) is 55.9. The first kappa shape index (κ1) is 108. The molecular formula is C92H144N4O16Rh2S4+2. The number of sulfonamides is 4. The van der Waals surface area contributed by atoms with Crippen LogP contribution >= 0.6 is 0 Å². The zero-order valence-electron chi connectivity index (χ0n) is 71.8. The summed E-state index contributed by atoms with van der Waals surface area (Å²) >= 11 is 0. The molecule has 0 unspecified atom stereocenters. The molecule has 0 aromatic heterocycles. The fourth-order valence-electron chi connectivity index (χ4n) is 16.2. The molecule has 4 aromatic rings. The van der Waals surface area contributed by atoms with E-state index in [1.165, 1.54) is 231 Å². The van der Waals surface area contributed by atoms with Gasteiger partial charge in [-0.1, -0.05) is 307 Å². The SMILES string of the molecule is CCCCCCCCCCCCc1ccc(S(=O)(=O)N2CCC[C@H]2C(=O)[O-])cc1.CCCCCCCCCCCCc1ccc(S(=O)(=O)N2CCC[C@H]2C(=O)[O-])cc1.CCCCCCCCCCCCc1ccc(S(=O)(=O)N2CCC[C@H]2C(=O)[O-])cc1.CCCCCCCCCCCCc1ccc(S(=O)(=O)N2CCC[C@H]2C(=O)[O-])cc1.[Rh+3].[Rh+3]. The molecule has 4 atom stereocenters. The van der Waals surface area contributed by atoms with Crippen LogP contribution in [0.2, 0.25) is 0 Å². The van der Waals surface area contributed by atoms with Crippen molar-refractivity contribution in [1.29, 1.82) is 0 Å². The summed E-state index contributed by atoms with van der Waals surface area (Å²) in [4.78, 5) is 45.5. The summed E-state index contributed by atoms with van der Waals surface area (Å²) in [6.07, 6.45) is 59.1. The van der Waals surface area contributed by atoms with Crippen LogP contribution in [0.4, 0.5) is 0 Å². The molecule has 4 aliphatic heterocycles. The van der Waals surface area contributed by atoms with Gasteiger partial charge in [-0.15, -0.1) is 0 Å². The van der Waals surface area contributed by atoms with Crippen LogP contribution < -0.4 is 20.4 Å². The van der Waals surface area contributed by atoms with E-state index in [-0.39, 0.29) is 84.7 Å². The van der Waals surface area contributed by atoms with Gasteiger partial charge in [0, 0.05) is 26.2 Å². The van der Waals surface area contributed by atoms with Gasteiger partial charge in [0.1, 0.15) is 0 Å². The van der Waals surface area contributed by atoms with Crippen molar-refractivity contribution in [2.45, 2.75) is 405 Å². The molecule has 0 radical (unpaired) electrons. The Morgan fingerprint density at radius 1 is 0.246 bits per heavy atom. The second kappa shape index (κ2) is 61.1. The molecule has 0 spiro atoms. The van der Waals surface area contributed by atoms with Crippen LogP contribution in [0.5, 0.6) is 0 Å². The number of carbonyl (C=O) groups excluding carboxylic acids is 4. The van der Waals surface area contributed by atoms with Gasteiger partial charge in [0.15, 0.2) is 0 Å². The average molecular weight is 1900 g/mol. The number of carboxylic acids is 4. The summed E-state index contributed by atoms with van der Waals surface area (Å²) in [6.45, 7) is 9.92. The zero-order valence-corrected chi connectivity index (χ0v) is 78.3. The van der Waals surface area contributed by atoms with Crippen molar-refractivity contribution in [1.82, 2.24) is 17.2 Å². The van der Waals surface area contributed by atoms with E-state index in [2.05, 4.69) is 27.7 Å². The van der Waals surface area contributed by atoms with Gasteiger partial charge in [-0.3, -0.25) is 0 Å². The summed E-state index contributed by atoms with van der Waals surface area (Å²) in [6, 6.07) is 23.4. The van der Waals surface area contributed by atoms with E-state index in [9.17, 15) is 73.3 Å². The summed E-state index contributed by atoms with van der Waals surface area (Å²) < 4.78 is 106. The fraction of sp³-hybridized carbons (Fsp3) is 0.696. The predicted octanol–water partition coefficient (Wildman–Crippen LogP) is 16.2. The number of hydrogen-bond donors (Lipinski definition) is 0. The fourth-order valence-corrected chi connectivity index (χ4v) is 22.8. The van der Waals surface area contributed by atoms with E-state index in [0.29, 0.717) is 51.4 Å². The van der Waals surface area contributed by atoms with Crippen LogP contribution in [0, 0.1) is 0 Å². The second-order valence-corrected chi connectivity index (χ2v) is 40.2. The van der Waals surface area contributed by atoms with Gasteiger partial charge in [-0.25, -0.2) is 33.7 Å². The van der Waals surface area contributed by atoms with Gasteiger partial charge in [0.2, 0.25) is 40.1 Å². The third kappa shape index (κ3) is 38.8. The molecule has 0 amide bonds. The summed E-state index contributed by atoms with van der Waals surface area (Å²) in [5.41, 5.74) is 4.51. The first-order valence-corrected chi connectivity index (χ1v) is 50.9. The topological polar surface area (TPSA) is 310 Å². The molecule has 0 N–H and O–H groups in total. The number of carbonyl (C=O) groups is 4. The molecule has 668 valence electrons. The number of carboxylic acid groups (broad SMARTS) is 4. The number of aryl methyl sites for hydroxylation is 4. The van der Waals surface area contributed by atoms with Crippen molar-refractivity contribution in [2.75, 3.05) is 26.2 Å². The van der Waals surface area contributed by atoms with Gasteiger partial charge < -0.3 is 39.6 Å². The van der Waals surface area contributed by atoms with Crippen molar-refractivity contribution in [2.24, 2.45) is 0 Å². The van der Waals surface area contributed by atoms with Gasteiger partial charge in [0.25, 0.3) is 0 Å². The van der Waals surface area contributed by atoms with Gasteiger partial charge in [-0.2, -0.15) is 17.2 Å². The van der Waals surface area contributed by atoms with Crippen molar-refractivity contribution in [3.05, 3.63) is 119 Å². The van der Waals surface area contributed by atoms with Crippen molar-refractivity contribution < 1.29 is 112 Å². The number of benzene rings is 4. The molecule has 0 bridgehead atoms. The van der Waals surface area contributed by atoms with Gasteiger partial charge in [-0.05, 0) is 174 Å². The predicted molar refractivity (Wildman–Crippen MR) is 456 cm³/mol. The van der Waals surface area contributed by atoms with E-state index in [4.69, 9.17) is 0 Å². The Bertz CT molecular complexity index is 3380. The van der Waals surface area contributed by atoms with E-state index >= 15 is 0 Å². The first-order valence-electron chi connectivity index (χ1n) is 45.1. The molecule has 26 heteroatoms. The molecule has 20 nitrogen and oxygen atoms in total. The quantitative estimate of drug-likeness (QED) is 0.0293. The molecule has 118 heavy (non-hydrogen) atoms. The number of hydrogen-bond acceptors (Lipinski definition) is 16. The maximum atomic E-state index is 12.7. The Kier molecular flexibility index (Phi) is 55.8. The van der Waals surface area contributed by atoms with Crippen LogP contribution in [0.25, 0.3) is 0 Å². The summed E-state index contributed by atoms with van der Waals surface area (Å²) in [5, 5.41) is 44.8. The normalized spacial score (nSPS) is 17.3. The van der Waals surface area contributed by atoms with Crippen molar-refractivity contribution >= 4 is 64.0 Å². The summed E-state index contributed by atoms with van der Waals surface area (Å²) in [5.74, 6) is -5.26. The van der Waals surface area contributed by atoms with Crippen LogP contribution in [0.15, 0.2) is 117 Å². The maximum absolute atomic E-state index is 12.7. The third-order valence-electron chi connectivity index (χ3n) is 23.3. The van der Waals surface area contributed by atoms with E-state index in [1.807, 2.05) is 48.5 Å². The smallest absolute Gasteiger partial charge is 0.548 e. The minimum Gasteiger partial charge on any atom is -0.548 e. The van der Waals surface area contributed by atoms with Crippen molar-refractivity contribution in [3.8, 4) is 0 Å². The average Bonchev–Trinajstić information content (AvgIpc) is 1.57. The molecule has 4 heterocycles.